The van der Waals surface area contributed by atoms with Gasteiger partial charge in [-0.2, -0.15) is 0 Å². The number of likely N-dealkylation sites (tertiary alicyclic amines) is 1. The van der Waals surface area contributed by atoms with E-state index in [1.54, 1.807) is 0 Å². The van der Waals surface area contributed by atoms with E-state index in [4.69, 9.17) is 4.74 Å². The molecule has 0 aromatic heterocycles. The quantitative estimate of drug-likeness (QED) is 0.656. The van der Waals surface area contributed by atoms with E-state index in [1.165, 1.54) is 0 Å². The molecule has 1 heterocycles. The molecular formula is C14H25NO3. The molecule has 1 rings (SSSR count). The van der Waals surface area contributed by atoms with Crippen molar-refractivity contribution < 1.29 is 14.3 Å². The second kappa shape index (κ2) is 7.39. The maximum absolute atomic E-state index is 11.7. The number of hydrogen-bond acceptors (Lipinski definition) is 3. The highest BCUT2D eigenvalue weighted by atomic mass is 16.5. The topological polar surface area (TPSA) is 46.6 Å². The third-order valence-electron chi connectivity index (χ3n) is 3.17. The summed E-state index contributed by atoms with van der Waals surface area (Å²) in [5, 5.41) is 0. The summed E-state index contributed by atoms with van der Waals surface area (Å²) in [7, 11) is 0. The van der Waals surface area contributed by atoms with Crippen molar-refractivity contribution in [2.75, 3.05) is 13.1 Å². The van der Waals surface area contributed by atoms with Gasteiger partial charge in [0.05, 0.1) is 6.10 Å². The van der Waals surface area contributed by atoms with Gasteiger partial charge in [0.25, 0.3) is 0 Å². The van der Waals surface area contributed by atoms with Crippen molar-refractivity contribution in [3.8, 4) is 0 Å². The molecule has 0 N–H and O–H groups in total. The molecule has 4 heteroatoms. The summed E-state index contributed by atoms with van der Waals surface area (Å²) in [6.07, 6.45) is 3.99. The van der Waals surface area contributed by atoms with Crippen LogP contribution in [0.15, 0.2) is 0 Å². The Bertz CT molecular complexity index is 289. The van der Waals surface area contributed by atoms with Gasteiger partial charge in [-0.25, -0.2) is 0 Å². The van der Waals surface area contributed by atoms with Gasteiger partial charge in [-0.1, -0.05) is 13.3 Å². The van der Waals surface area contributed by atoms with Gasteiger partial charge in [0.15, 0.2) is 0 Å². The van der Waals surface area contributed by atoms with Crippen LogP contribution in [0.2, 0.25) is 0 Å². The lowest BCUT2D eigenvalue weighted by atomic mass is 10.0. The van der Waals surface area contributed by atoms with Crippen LogP contribution in [0.25, 0.3) is 0 Å². The number of nitrogens with zero attached hydrogens (tertiary/aromatic N) is 1. The summed E-state index contributed by atoms with van der Waals surface area (Å²) in [5.41, 5.74) is 0. The fourth-order valence-electron chi connectivity index (χ4n) is 2.41. The molecule has 4 nitrogen and oxygen atoms in total. The maximum atomic E-state index is 11.7. The normalized spacial score (nSPS) is 19.7. The van der Waals surface area contributed by atoms with E-state index in [2.05, 4.69) is 6.92 Å². The second-order valence-electron chi connectivity index (χ2n) is 5.34. The number of amides is 1. The van der Waals surface area contributed by atoms with Crippen LogP contribution in [0, 0.1) is 5.92 Å². The summed E-state index contributed by atoms with van der Waals surface area (Å²) in [4.78, 5) is 25.0. The summed E-state index contributed by atoms with van der Waals surface area (Å²) in [6.45, 7) is 7.39. The van der Waals surface area contributed by atoms with Gasteiger partial charge in [-0.05, 0) is 32.6 Å². The molecule has 0 aromatic carbocycles. The van der Waals surface area contributed by atoms with Crippen molar-refractivity contribution in [3.05, 3.63) is 0 Å². The summed E-state index contributed by atoms with van der Waals surface area (Å²) < 4.78 is 5.06. The largest absolute Gasteiger partial charge is 0.463 e. The Labute approximate surface area is 110 Å². The van der Waals surface area contributed by atoms with Gasteiger partial charge in [-0.3, -0.25) is 9.59 Å². The minimum Gasteiger partial charge on any atom is -0.463 e. The van der Waals surface area contributed by atoms with Crippen molar-refractivity contribution >= 4 is 11.9 Å². The molecule has 0 aromatic rings. The van der Waals surface area contributed by atoms with Gasteiger partial charge in [0, 0.05) is 25.9 Å². The number of esters is 1. The van der Waals surface area contributed by atoms with Crippen LogP contribution < -0.4 is 0 Å². The Balaban J connectivity index is 2.20. The Morgan fingerprint density at radius 3 is 2.83 bits per heavy atom. The number of ether oxygens (including phenoxy) is 1. The lowest BCUT2D eigenvalue weighted by molar-refractivity contribution is -0.147. The van der Waals surface area contributed by atoms with E-state index in [0.29, 0.717) is 31.7 Å². The average Bonchev–Trinajstić information content (AvgIpc) is 2.59. The molecule has 1 saturated heterocycles. The van der Waals surface area contributed by atoms with Gasteiger partial charge in [0.2, 0.25) is 5.91 Å². The Morgan fingerprint density at radius 2 is 2.22 bits per heavy atom. The first kappa shape index (κ1) is 15.0. The van der Waals surface area contributed by atoms with Gasteiger partial charge in [0.1, 0.15) is 0 Å². The van der Waals surface area contributed by atoms with Crippen LogP contribution in [0.5, 0.6) is 0 Å². The Kier molecular flexibility index (Phi) is 6.16. The molecule has 0 bridgehead atoms. The van der Waals surface area contributed by atoms with E-state index in [1.807, 2.05) is 18.7 Å². The molecule has 1 amide bonds. The van der Waals surface area contributed by atoms with Crippen molar-refractivity contribution in [2.45, 2.75) is 59.0 Å². The minimum atomic E-state index is -0.165. The fraction of sp³-hybridized carbons (Fsp3) is 0.857. The van der Waals surface area contributed by atoms with Crippen LogP contribution in [-0.2, 0) is 14.3 Å². The highest BCUT2D eigenvalue weighted by molar-refractivity contribution is 5.78. The van der Waals surface area contributed by atoms with E-state index in [9.17, 15) is 9.59 Å². The van der Waals surface area contributed by atoms with Gasteiger partial charge in [-0.15, -0.1) is 0 Å². The standard InChI is InChI=1S/C14H25NO3/c1-4-6-12-9-13(16)15(10-12)8-5-7-14(17)18-11(2)3/h11-12H,4-10H2,1-3H3/t12-/m1/s1. The van der Waals surface area contributed by atoms with Crippen LogP contribution in [0.3, 0.4) is 0 Å². The lowest BCUT2D eigenvalue weighted by Crippen LogP contribution is -2.27. The van der Waals surface area contributed by atoms with E-state index >= 15 is 0 Å². The summed E-state index contributed by atoms with van der Waals surface area (Å²) in [6, 6.07) is 0. The molecule has 0 unspecified atom stereocenters. The highest BCUT2D eigenvalue weighted by Crippen LogP contribution is 2.22. The van der Waals surface area contributed by atoms with Crippen molar-refractivity contribution in [1.82, 2.24) is 4.90 Å². The number of carbonyl (C=O) groups is 2. The summed E-state index contributed by atoms with van der Waals surface area (Å²) >= 11 is 0. The van der Waals surface area contributed by atoms with E-state index in [-0.39, 0.29) is 18.0 Å². The smallest absolute Gasteiger partial charge is 0.306 e. The predicted octanol–water partition coefficient (Wildman–Crippen LogP) is 2.37. The molecule has 104 valence electrons. The number of carbonyl (C=O) groups excluding carboxylic acids is 2. The average molecular weight is 255 g/mol. The molecule has 1 fully saturated rings. The zero-order chi connectivity index (χ0) is 13.5. The first-order chi connectivity index (χ1) is 8.52. The molecule has 1 aliphatic heterocycles. The van der Waals surface area contributed by atoms with Crippen LogP contribution >= 0.6 is 0 Å². The van der Waals surface area contributed by atoms with E-state index < -0.39 is 0 Å². The molecule has 1 aliphatic rings. The third-order valence-corrected chi connectivity index (χ3v) is 3.17. The molecule has 0 radical (unpaired) electrons. The Morgan fingerprint density at radius 1 is 1.50 bits per heavy atom. The zero-order valence-corrected chi connectivity index (χ0v) is 11.8. The molecular weight excluding hydrogens is 230 g/mol. The first-order valence-corrected chi connectivity index (χ1v) is 7.00. The van der Waals surface area contributed by atoms with Crippen molar-refractivity contribution in [2.24, 2.45) is 5.92 Å². The fourth-order valence-corrected chi connectivity index (χ4v) is 2.41. The van der Waals surface area contributed by atoms with Crippen LogP contribution in [0.4, 0.5) is 0 Å². The number of hydrogen-bond donors (Lipinski definition) is 0. The maximum Gasteiger partial charge on any atom is 0.306 e. The van der Waals surface area contributed by atoms with Gasteiger partial charge < -0.3 is 9.64 Å². The highest BCUT2D eigenvalue weighted by Gasteiger charge is 2.28. The molecule has 18 heavy (non-hydrogen) atoms. The number of rotatable bonds is 7. The molecule has 0 aliphatic carbocycles. The zero-order valence-electron chi connectivity index (χ0n) is 11.8. The third kappa shape index (κ3) is 5.07. The molecule has 1 atom stereocenters. The van der Waals surface area contributed by atoms with E-state index in [0.717, 1.165) is 19.4 Å². The second-order valence-corrected chi connectivity index (χ2v) is 5.34. The molecule has 0 saturated carbocycles. The van der Waals surface area contributed by atoms with Crippen molar-refractivity contribution in [1.29, 1.82) is 0 Å². The van der Waals surface area contributed by atoms with Crippen LogP contribution in [0.1, 0.15) is 52.9 Å². The summed E-state index contributed by atoms with van der Waals surface area (Å²) in [5.74, 6) is 0.595. The van der Waals surface area contributed by atoms with Crippen molar-refractivity contribution in [3.63, 3.8) is 0 Å². The van der Waals surface area contributed by atoms with Crippen LogP contribution in [-0.4, -0.2) is 36.0 Å². The first-order valence-electron chi connectivity index (χ1n) is 7.00. The lowest BCUT2D eigenvalue weighted by Gasteiger charge is -2.16. The SMILES string of the molecule is CCC[C@@H]1CC(=O)N(CCCC(=O)OC(C)C)C1. The Hall–Kier alpha value is -1.06. The predicted molar refractivity (Wildman–Crippen MR) is 70.1 cm³/mol. The molecule has 0 spiro atoms. The minimum absolute atomic E-state index is 0.0557. The van der Waals surface area contributed by atoms with Gasteiger partial charge >= 0.3 is 5.97 Å². The monoisotopic (exact) mass is 255 g/mol.